The van der Waals surface area contributed by atoms with Crippen LogP contribution in [0.4, 0.5) is 11.4 Å². The first-order chi connectivity index (χ1) is 12.0. The number of nitro groups is 1. The summed E-state index contributed by atoms with van der Waals surface area (Å²) < 4.78 is 0. The fraction of sp³-hybridized carbons (Fsp3) is 0.667. The van der Waals surface area contributed by atoms with Crippen LogP contribution in [0.3, 0.4) is 0 Å². The summed E-state index contributed by atoms with van der Waals surface area (Å²) in [7, 11) is 4.20. The van der Waals surface area contributed by atoms with Crippen molar-refractivity contribution in [2.24, 2.45) is 0 Å². The van der Waals surface area contributed by atoms with Crippen LogP contribution in [0.2, 0.25) is 0 Å². The Balaban J connectivity index is 0.000000275. The van der Waals surface area contributed by atoms with E-state index in [1.807, 2.05) is 12.1 Å². The van der Waals surface area contributed by atoms with E-state index < -0.39 is 0 Å². The van der Waals surface area contributed by atoms with Crippen molar-refractivity contribution in [1.29, 1.82) is 0 Å². The number of hydrogen-bond acceptors (Lipinski definition) is 6. The van der Waals surface area contributed by atoms with E-state index in [0.29, 0.717) is 0 Å². The van der Waals surface area contributed by atoms with Crippen LogP contribution in [0.5, 0.6) is 0 Å². The van der Waals surface area contributed by atoms with E-state index in [-0.39, 0.29) is 10.6 Å². The number of benzene rings is 1. The zero-order chi connectivity index (χ0) is 18.7. The average molecular weight is 351 g/mol. The van der Waals surface area contributed by atoms with Crippen LogP contribution in [0.15, 0.2) is 24.3 Å². The molecule has 1 aliphatic heterocycles. The van der Waals surface area contributed by atoms with Gasteiger partial charge in [0.05, 0.1) is 4.92 Å². The van der Waals surface area contributed by atoms with Gasteiger partial charge in [0.25, 0.3) is 5.69 Å². The second-order valence-electron chi connectivity index (χ2n) is 6.28. The van der Waals surface area contributed by atoms with E-state index >= 15 is 0 Å². The number of rotatable bonds is 7. The van der Waals surface area contributed by atoms with Crippen LogP contribution in [0.1, 0.15) is 26.7 Å². The van der Waals surface area contributed by atoms with Crippen LogP contribution < -0.4 is 10.2 Å². The van der Waals surface area contributed by atoms with Gasteiger partial charge in [-0.2, -0.15) is 0 Å². The second-order valence-corrected chi connectivity index (χ2v) is 6.28. The summed E-state index contributed by atoms with van der Waals surface area (Å²) in [6.45, 7) is 10.2. The quantitative estimate of drug-likeness (QED) is 0.602. The summed E-state index contributed by atoms with van der Waals surface area (Å²) in [5.41, 5.74) is 0.920. The number of nitro benzene ring substituents is 1. The maximum absolute atomic E-state index is 10.8. The monoisotopic (exact) mass is 351 g/mol. The van der Waals surface area contributed by atoms with E-state index in [2.05, 4.69) is 48.2 Å². The molecule has 7 nitrogen and oxygen atoms in total. The van der Waals surface area contributed by atoms with Crippen LogP contribution in [-0.2, 0) is 0 Å². The van der Waals surface area contributed by atoms with Crippen molar-refractivity contribution in [1.82, 2.24) is 15.3 Å². The number of hydrazine groups is 1. The van der Waals surface area contributed by atoms with Gasteiger partial charge in [0.15, 0.2) is 0 Å². The van der Waals surface area contributed by atoms with Gasteiger partial charge in [-0.25, -0.2) is 10.0 Å². The SMILES string of the molecule is CCCN(CCC)N(C)C.O=[N+]([O-])c1ccccc1N1CCNCC1. The smallest absolute Gasteiger partial charge is 0.292 e. The molecule has 0 saturated carbocycles. The highest BCUT2D eigenvalue weighted by molar-refractivity contribution is 5.63. The summed E-state index contributed by atoms with van der Waals surface area (Å²) >= 11 is 0. The van der Waals surface area contributed by atoms with Crippen LogP contribution in [0.25, 0.3) is 0 Å². The first-order valence-electron chi connectivity index (χ1n) is 9.12. The lowest BCUT2D eigenvalue weighted by molar-refractivity contribution is -0.384. The Labute approximate surface area is 151 Å². The van der Waals surface area contributed by atoms with Crippen LogP contribution >= 0.6 is 0 Å². The molecule has 1 aromatic carbocycles. The van der Waals surface area contributed by atoms with Crippen molar-refractivity contribution in [3.05, 3.63) is 34.4 Å². The fourth-order valence-electron chi connectivity index (χ4n) is 2.82. The molecule has 0 aliphatic carbocycles. The third-order valence-electron chi connectivity index (χ3n) is 4.07. The van der Waals surface area contributed by atoms with Crippen LogP contribution in [0, 0.1) is 10.1 Å². The van der Waals surface area contributed by atoms with Crippen molar-refractivity contribution in [3.8, 4) is 0 Å². The van der Waals surface area contributed by atoms with E-state index in [4.69, 9.17) is 0 Å². The van der Waals surface area contributed by atoms with Gasteiger partial charge in [-0.1, -0.05) is 26.0 Å². The van der Waals surface area contributed by atoms with Gasteiger partial charge in [0.1, 0.15) is 5.69 Å². The number of hydrogen-bond donors (Lipinski definition) is 1. The summed E-state index contributed by atoms with van der Waals surface area (Å²) in [6, 6.07) is 6.90. The Morgan fingerprint density at radius 1 is 1.12 bits per heavy atom. The highest BCUT2D eigenvalue weighted by Crippen LogP contribution is 2.27. The van der Waals surface area contributed by atoms with Crippen molar-refractivity contribution in [3.63, 3.8) is 0 Å². The molecule has 0 amide bonds. The molecule has 1 fully saturated rings. The lowest BCUT2D eigenvalue weighted by Crippen LogP contribution is -2.43. The Morgan fingerprint density at radius 3 is 2.16 bits per heavy atom. The standard InChI is InChI=1S/C10H13N3O2.C8H20N2/c14-13(15)10-4-2-1-3-9(10)12-7-5-11-6-8-12;1-5-7-10(8-6-2)9(3)4/h1-4,11H,5-8H2;5-8H2,1-4H3. The molecule has 2 rings (SSSR count). The molecule has 1 N–H and O–H groups in total. The zero-order valence-electron chi connectivity index (χ0n) is 16.1. The molecule has 1 saturated heterocycles. The van der Waals surface area contributed by atoms with Crippen molar-refractivity contribution in [2.75, 3.05) is 58.3 Å². The Hall–Kier alpha value is -1.70. The normalized spacial score (nSPS) is 14.4. The van der Waals surface area contributed by atoms with E-state index in [1.54, 1.807) is 12.1 Å². The van der Waals surface area contributed by atoms with Gasteiger partial charge in [0.2, 0.25) is 0 Å². The minimum Gasteiger partial charge on any atom is -0.363 e. The Bertz CT molecular complexity index is 498. The van der Waals surface area contributed by atoms with Crippen molar-refractivity contribution < 1.29 is 4.92 Å². The van der Waals surface area contributed by atoms with Crippen molar-refractivity contribution >= 4 is 11.4 Å². The largest absolute Gasteiger partial charge is 0.363 e. The molecule has 0 unspecified atom stereocenters. The van der Waals surface area contributed by atoms with Gasteiger partial charge in [-0.15, -0.1) is 0 Å². The molecule has 1 aliphatic rings. The highest BCUT2D eigenvalue weighted by atomic mass is 16.6. The number of anilines is 1. The molecule has 1 aromatic rings. The van der Waals surface area contributed by atoms with Gasteiger partial charge in [-0.3, -0.25) is 10.1 Å². The first-order valence-corrected chi connectivity index (χ1v) is 9.12. The Morgan fingerprint density at radius 2 is 1.68 bits per heavy atom. The lowest BCUT2D eigenvalue weighted by atomic mass is 10.2. The maximum Gasteiger partial charge on any atom is 0.292 e. The second kappa shape index (κ2) is 11.8. The highest BCUT2D eigenvalue weighted by Gasteiger charge is 2.19. The Kier molecular flexibility index (Phi) is 10.1. The topological polar surface area (TPSA) is 64.9 Å². The molecule has 142 valence electrons. The number of para-hydroxylation sites is 2. The molecule has 0 spiro atoms. The lowest BCUT2D eigenvalue weighted by Gasteiger charge is -2.28. The zero-order valence-corrected chi connectivity index (χ0v) is 16.1. The molecule has 1 heterocycles. The third kappa shape index (κ3) is 7.37. The summed E-state index contributed by atoms with van der Waals surface area (Å²) in [6.07, 6.45) is 2.47. The summed E-state index contributed by atoms with van der Waals surface area (Å²) in [4.78, 5) is 12.6. The first kappa shape index (κ1) is 21.3. The van der Waals surface area contributed by atoms with Gasteiger partial charge < -0.3 is 10.2 Å². The van der Waals surface area contributed by atoms with E-state index in [0.717, 1.165) is 31.9 Å². The minimum atomic E-state index is -0.322. The number of nitrogens with zero attached hydrogens (tertiary/aromatic N) is 4. The van der Waals surface area contributed by atoms with E-state index in [1.165, 1.54) is 25.9 Å². The summed E-state index contributed by atoms with van der Waals surface area (Å²) in [5.74, 6) is 0. The predicted octanol–water partition coefficient (Wildman–Crippen LogP) is 2.59. The predicted molar refractivity (Wildman–Crippen MR) is 104 cm³/mol. The van der Waals surface area contributed by atoms with Gasteiger partial charge >= 0.3 is 0 Å². The maximum atomic E-state index is 10.8. The molecular weight excluding hydrogens is 318 g/mol. The number of piperazine rings is 1. The molecule has 0 atom stereocenters. The van der Waals surface area contributed by atoms with Gasteiger partial charge in [-0.05, 0) is 18.9 Å². The van der Waals surface area contributed by atoms with Crippen molar-refractivity contribution in [2.45, 2.75) is 26.7 Å². The molecular formula is C18H33N5O2. The molecule has 0 aromatic heterocycles. The molecule has 25 heavy (non-hydrogen) atoms. The average Bonchev–Trinajstić information content (AvgIpc) is 2.62. The fourth-order valence-corrected chi connectivity index (χ4v) is 2.82. The number of nitrogens with one attached hydrogen (secondary N) is 1. The van der Waals surface area contributed by atoms with Crippen LogP contribution in [-0.4, -0.2) is 68.3 Å². The molecule has 7 heteroatoms. The minimum absolute atomic E-state index is 0.194. The molecule has 0 bridgehead atoms. The molecule has 0 radical (unpaired) electrons. The van der Waals surface area contributed by atoms with Gasteiger partial charge in [0, 0.05) is 59.4 Å². The third-order valence-corrected chi connectivity index (χ3v) is 4.07. The van der Waals surface area contributed by atoms with E-state index in [9.17, 15) is 10.1 Å². The summed E-state index contributed by atoms with van der Waals surface area (Å²) in [5, 5.41) is 18.6.